The summed E-state index contributed by atoms with van der Waals surface area (Å²) in [6, 6.07) is 12.0. The van der Waals surface area contributed by atoms with Crippen molar-refractivity contribution in [1.82, 2.24) is 0 Å². The maximum Gasteiger partial charge on any atom is 0.344 e. The molecule has 2 N–H and O–H groups in total. The van der Waals surface area contributed by atoms with E-state index in [0.29, 0.717) is 12.2 Å². The molecule has 0 unspecified atom stereocenters. The Labute approximate surface area is 161 Å². The minimum absolute atomic E-state index is 0. The number of carbonyl (C=O) groups excluding carboxylic acids is 1. The zero-order valence-electron chi connectivity index (χ0n) is 14.7. The quantitative estimate of drug-likeness (QED) is 0.512. The third-order valence-corrected chi connectivity index (χ3v) is 3.36. The SMILES string of the molecule is CCOC(=O)c1ccc[nH+]c1/C=C/c1ccc(C[NH+](C)C)cc1.[Cl-].[Cl-]. The molecular formula is C19H24Cl2N2O2. The van der Waals surface area contributed by atoms with Gasteiger partial charge >= 0.3 is 5.97 Å². The summed E-state index contributed by atoms with van der Waals surface area (Å²) in [5, 5.41) is 0. The van der Waals surface area contributed by atoms with E-state index in [2.05, 4.69) is 43.3 Å². The second-order valence-electron chi connectivity index (χ2n) is 5.68. The maximum atomic E-state index is 11.9. The fourth-order valence-corrected chi connectivity index (χ4v) is 2.31. The molecule has 1 aromatic heterocycles. The molecule has 0 saturated heterocycles. The normalized spacial score (nSPS) is 10.2. The molecule has 0 fully saturated rings. The molecule has 0 aliphatic heterocycles. The van der Waals surface area contributed by atoms with Gasteiger partial charge in [0.15, 0.2) is 6.20 Å². The average Bonchev–Trinajstić information content (AvgIpc) is 2.54. The Morgan fingerprint density at radius 3 is 2.40 bits per heavy atom. The van der Waals surface area contributed by atoms with Gasteiger partial charge in [-0.05, 0) is 24.6 Å². The van der Waals surface area contributed by atoms with E-state index < -0.39 is 0 Å². The van der Waals surface area contributed by atoms with Gasteiger partial charge in [0.25, 0.3) is 0 Å². The van der Waals surface area contributed by atoms with Gasteiger partial charge in [-0.2, -0.15) is 0 Å². The van der Waals surface area contributed by atoms with Crippen molar-refractivity contribution < 1.29 is 44.2 Å². The Kier molecular flexibility index (Phi) is 10.8. The van der Waals surface area contributed by atoms with E-state index >= 15 is 0 Å². The lowest BCUT2D eigenvalue weighted by molar-refractivity contribution is -0.872. The predicted molar refractivity (Wildman–Crippen MR) is 90.8 cm³/mol. The molecule has 0 radical (unpaired) electrons. The van der Waals surface area contributed by atoms with E-state index in [-0.39, 0.29) is 30.8 Å². The Morgan fingerprint density at radius 2 is 1.80 bits per heavy atom. The summed E-state index contributed by atoms with van der Waals surface area (Å²) in [5.41, 5.74) is 3.68. The summed E-state index contributed by atoms with van der Waals surface area (Å²) >= 11 is 0. The number of quaternary nitrogens is 1. The van der Waals surface area contributed by atoms with Gasteiger partial charge in [-0.25, -0.2) is 9.78 Å². The number of carbonyl (C=O) groups is 1. The molecule has 6 heteroatoms. The van der Waals surface area contributed by atoms with E-state index in [9.17, 15) is 4.79 Å². The van der Waals surface area contributed by atoms with E-state index in [0.717, 1.165) is 17.8 Å². The molecule has 1 heterocycles. The molecular weight excluding hydrogens is 359 g/mol. The van der Waals surface area contributed by atoms with Crippen LogP contribution in [0.1, 0.15) is 34.1 Å². The third-order valence-electron chi connectivity index (χ3n) is 3.36. The summed E-state index contributed by atoms with van der Waals surface area (Å²) in [6.07, 6.45) is 5.69. The standard InChI is InChI=1S/C19H22N2O2.2ClH/c1-4-23-19(22)17-6-5-13-20-18(17)12-11-15-7-9-16(10-8-15)14-21(2)3;;/h5-13H,4,14H2,1-3H3;2*1H/b12-11+;;. The highest BCUT2D eigenvalue weighted by Crippen LogP contribution is 2.11. The number of hydrogen-bond donors (Lipinski definition) is 1. The van der Waals surface area contributed by atoms with Gasteiger partial charge in [-0.3, -0.25) is 0 Å². The van der Waals surface area contributed by atoms with Crippen molar-refractivity contribution in [3.63, 3.8) is 0 Å². The van der Waals surface area contributed by atoms with Crippen molar-refractivity contribution in [2.24, 2.45) is 0 Å². The van der Waals surface area contributed by atoms with Crippen LogP contribution in [0, 0.1) is 0 Å². The lowest BCUT2D eigenvalue weighted by Gasteiger charge is -2.06. The first-order chi connectivity index (χ1) is 11.1. The van der Waals surface area contributed by atoms with Crippen LogP contribution in [0.4, 0.5) is 0 Å². The van der Waals surface area contributed by atoms with E-state index in [1.807, 2.05) is 12.2 Å². The fraction of sp³-hybridized carbons (Fsp3) is 0.263. The van der Waals surface area contributed by atoms with Crippen LogP contribution in [0.3, 0.4) is 0 Å². The van der Waals surface area contributed by atoms with E-state index in [1.54, 1.807) is 25.3 Å². The van der Waals surface area contributed by atoms with Crippen molar-refractivity contribution >= 4 is 18.1 Å². The molecule has 1 aromatic carbocycles. The Balaban J connectivity index is 0.00000288. The molecule has 0 aliphatic rings. The van der Waals surface area contributed by atoms with E-state index in [1.165, 1.54) is 10.5 Å². The third kappa shape index (κ3) is 7.26. The second kappa shape index (κ2) is 11.6. The summed E-state index contributed by atoms with van der Waals surface area (Å²) in [5.74, 6) is -0.312. The van der Waals surface area contributed by atoms with Crippen molar-refractivity contribution in [3.05, 3.63) is 65.0 Å². The lowest BCUT2D eigenvalue weighted by atomic mass is 10.1. The Bertz CT molecular complexity index is 686. The van der Waals surface area contributed by atoms with Crippen LogP contribution in [0.2, 0.25) is 0 Å². The van der Waals surface area contributed by atoms with Crippen LogP contribution in [0.5, 0.6) is 0 Å². The van der Waals surface area contributed by atoms with Crippen LogP contribution >= 0.6 is 0 Å². The second-order valence-corrected chi connectivity index (χ2v) is 5.68. The smallest absolute Gasteiger partial charge is 0.344 e. The van der Waals surface area contributed by atoms with Crippen molar-refractivity contribution in [2.45, 2.75) is 13.5 Å². The van der Waals surface area contributed by atoms with Crippen LogP contribution in [0.15, 0.2) is 42.6 Å². The van der Waals surface area contributed by atoms with Gasteiger partial charge in [-0.1, -0.05) is 24.3 Å². The highest BCUT2D eigenvalue weighted by molar-refractivity contribution is 5.93. The lowest BCUT2D eigenvalue weighted by Crippen LogP contribution is -3.04. The number of H-pyrrole nitrogens is 1. The molecule has 0 bridgehead atoms. The predicted octanol–water partition coefficient (Wildman–Crippen LogP) is -4.50. The van der Waals surface area contributed by atoms with Crippen LogP contribution in [-0.4, -0.2) is 26.7 Å². The number of benzene rings is 1. The topological polar surface area (TPSA) is 44.9 Å². The zero-order valence-corrected chi connectivity index (χ0v) is 16.2. The molecule has 0 atom stereocenters. The van der Waals surface area contributed by atoms with Gasteiger partial charge in [0.1, 0.15) is 12.1 Å². The molecule has 0 aliphatic carbocycles. The number of rotatable bonds is 6. The highest BCUT2D eigenvalue weighted by atomic mass is 35.5. The molecule has 0 spiro atoms. The highest BCUT2D eigenvalue weighted by Gasteiger charge is 2.15. The van der Waals surface area contributed by atoms with Gasteiger partial charge in [-0.15, -0.1) is 0 Å². The molecule has 25 heavy (non-hydrogen) atoms. The first-order valence-corrected chi connectivity index (χ1v) is 7.84. The molecule has 2 aromatic rings. The number of halogens is 2. The monoisotopic (exact) mass is 382 g/mol. The van der Waals surface area contributed by atoms with Gasteiger partial charge < -0.3 is 34.5 Å². The number of hydrogen-bond acceptors (Lipinski definition) is 2. The number of aromatic amines is 1. The minimum atomic E-state index is -0.312. The van der Waals surface area contributed by atoms with Gasteiger partial charge in [0.2, 0.25) is 5.69 Å². The van der Waals surface area contributed by atoms with Crippen LogP contribution < -0.4 is 34.7 Å². The number of ether oxygens (including phenoxy) is 1. The van der Waals surface area contributed by atoms with Crippen molar-refractivity contribution in [2.75, 3.05) is 20.7 Å². The van der Waals surface area contributed by atoms with E-state index in [4.69, 9.17) is 4.74 Å². The summed E-state index contributed by atoms with van der Waals surface area (Å²) in [6.45, 7) is 3.17. The number of aromatic nitrogens is 1. The number of nitrogens with one attached hydrogen (secondary N) is 2. The van der Waals surface area contributed by atoms with Crippen LogP contribution in [-0.2, 0) is 11.3 Å². The Morgan fingerprint density at radius 1 is 1.12 bits per heavy atom. The average molecular weight is 383 g/mol. The van der Waals surface area contributed by atoms with Gasteiger partial charge in [0.05, 0.1) is 20.7 Å². The molecule has 136 valence electrons. The maximum absolute atomic E-state index is 11.9. The summed E-state index contributed by atoms with van der Waals surface area (Å²) < 4.78 is 5.08. The first-order valence-electron chi connectivity index (χ1n) is 7.84. The van der Waals surface area contributed by atoms with Crippen molar-refractivity contribution in [1.29, 1.82) is 0 Å². The van der Waals surface area contributed by atoms with Crippen LogP contribution in [0.25, 0.3) is 12.2 Å². The molecule has 0 saturated carbocycles. The largest absolute Gasteiger partial charge is 1.00 e. The molecule has 0 amide bonds. The minimum Gasteiger partial charge on any atom is -1.00 e. The first kappa shape index (κ1) is 23.1. The number of esters is 1. The number of pyridine rings is 1. The van der Waals surface area contributed by atoms with Crippen molar-refractivity contribution in [3.8, 4) is 0 Å². The Hall–Kier alpha value is -1.88. The summed E-state index contributed by atoms with van der Waals surface area (Å²) in [7, 11) is 4.27. The zero-order chi connectivity index (χ0) is 16.7. The fourth-order valence-electron chi connectivity index (χ4n) is 2.31. The van der Waals surface area contributed by atoms with Gasteiger partial charge in [0, 0.05) is 17.7 Å². The summed E-state index contributed by atoms with van der Waals surface area (Å²) in [4.78, 5) is 16.4. The molecule has 2 rings (SSSR count). The molecule has 4 nitrogen and oxygen atoms in total.